The summed E-state index contributed by atoms with van der Waals surface area (Å²) >= 11 is 0.900. The van der Waals surface area contributed by atoms with Crippen LogP contribution in [0.5, 0.6) is 11.5 Å². The van der Waals surface area contributed by atoms with E-state index >= 15 is 0 Å². The van der Waals surface area contributed by atoms with Crippen LogP contribution in [-0.2, 0) is 4.79 Å². The maximum atomic E-state index is 12.0. The predicted molar refractivity (Wildman–Crippen MR) is 106 cm³/mol. The van der Waals surface area contributed by atoms with Crippen LogP contribution >= 0.6 is 11.8 Å². The fraction of sp³-hybridized carbons (Fsp3) is 0.444. The highest BCUT2D eigenvalue weighted by Gasteiger charge is 2.28. The van der Waals surface area contributed by atoms with Gasteiger partial charge in [-0.3, -0.25) is 14.9 Å². The number of imide groups is 1. The lowest BCUT2D eigenvalue weighted by Crippen LogP contribution is -2.35. The van der Waals surface area contributed by atoms with Gasteiger partial charge in [0.15, 0.2) is 11.5 Å². The molecule has 27 heavy (non-hydrogen) atoms. The van der Waals surface area contributed by atoms with Crippen LogP contribution in [0, 0.1) is 0 Å². The fourth-order valence-electron chi connectivity index (χ4n) is 3.27. The summed E-state index contributed by atoms with van der Waals surface area (Å²) in [6.07, 6.45) is 2.72. The number of hydrogen-bond acceptors (Lipinski definition) is 8. The summed E-state index contributed by atoms with van der Waals surface area (Å²) in [7, 11) is 3.16. The maximum absolute atomic E-state index is 12.0. The highest BCUT2D eigenvalue weighted by molar-refractivity contribution is 8.18. The molecule has 3 rings (SSSR count). The number of hydrogen-bond donors (Lipinski definition) is 3. The third-order valence-electron chi connectivity index (χ3n) is 4.57. The van der Waals surface area contributed by atoms with E-state index in [9.17, 15) is 9.59 Å². The molecule has 0 saturated carbocycles. The van der Waals surface area contributed by atoms with Crippen molar-refractivity contribution in [1.29, 1.82) is 0 Å². The van der Waals surface area contributed by atoms with E-state index in [1.165, 1.54) is 0 Å². The number of nitrogens with zero attached hydrogens (tertiary/aromatic N) is 1. The van der Waals surface area contributed by atoms with Gasteiger partial charge in [0.2, 0.25) is 0 Å². The third kappa shape index (κ3) is 4.37. The molecule has 2 aliphatic rings. The van der Waals surface area contributed by atoms with Crippen molar-refractivity contribution < 1.29 is 19.1 Å². The predicted octanol–water partition coefficient (Wildman–Crippen LogP) is 1.15. The molecule has 2 fully saturated rings. The molecular formula is C18H24N4O4S. The normalized spacial score (nSPS) is 21.1. The number of amides is 2. The number of nitrogens with two attached hydrogens (primary N) is 1. The van der Waals surface area contributed by atoms with Crippen molar-refractivity contribution in [2.45, 2.75) is 12.5 Å². The molecule has 2 aliphatic heterocycles. The number of rotatable bonds is 7. The standard InChI is InChI=1S/C18H24N4O4S/c1-25-14-7-11(8-16-17(23)21-18(24)27-16)13(9-15(14)26-2)22-6-3-12(10-22)20-5-4-19/h7-9,12,20H,3-6,10,19H2,1-2H3,(H,21,23,24)/b16-8+. The Morgan fingerprint density at radius 2 is 2.07 bits per heavy atom. The minimum absolute atomic E-state index is 0.355. The zero-order valence-corrected chi connectivity index (χ0v) is 16.2. The summed E-state index contributed by atoms with van der Waals surface area (Å²) in [5, 5.41) is 5.36. The van der Waals surface area contributed by atoms with E-state index in [2.05, 4.69) is 15.5 Å². The molecule has 1 aromatic rings. The number of anilines is 1. The molecule has 1 unspecified atom stereocenters. The Kier molecular flexibility index (Phi) is 6.25. The second-order valence-corrected chi connectivity index (χ2v) is 7.31. The molecule has 8 nitrogen and oxygen atoms in total. The molecular weight excluding hydrogens is 368 g/mol. The van der Waals surface area contributed by atoms with E-state index in [0.717, 1.165) is 49.1 Å². The molecule has 0 aliphatic carbocycles. The summed E-state index contributed by atoms with van der Waals surface area (Å²) in [5.41, 5.74) is 7.32. The molecule has 9 heteroatoms. The lowest BCUT2D eigenvalue weighted by atomic mass is 10.1. The molecule has 146 valence electrons. The second kappa shape index (κ2) is 8.64. The van der Waals surface area contributed by atoms with Gasteiger partial charge < -0.3 is 25.4 Å². The Morgan fingerprint density at radius 1 is 1.33 bits per heavy atom. The van der Waals surface area contributed by atoms with E-state index in [0.29, 0.717) is 29.0 Å². The highest BCUT2D eigenvalue weighted by atomic mass is 32.2. The molecule has 1 atom stereocenters. The fourth-order valence-corrected chi connectivity index (χ4v) is 3.94. The van der Waals surface area contributed by atoms with Crippen molar-refractivity contribution in [3.05, 3.63) is 22.6 Å². The van der Waals surface area contributed by atoms with E-state index < -0.39 is 0 Å². The van der Waals surface area contributed by atoms with Gasteiger partial charge in [-0.15, -0.1) is 0 Å². The SMILES string of the molecule is COc1cc(/C=C2/SC(=O)NC2=O)c(N2CCC(NCCN)C2)cc1OC. The van der Waals surface area contributed by atoms with Gasteiger partial charge in [-0.1, -0.05) is 0 Å². The van der Waals surface area contributed by atoms with E-state index in [-0.39, 0.29) is 11.1 Å². The van der Waals surface area contributed by atoms with Crippen LogP contribution in [0.4, 0.5) is 10.5 Å². The minimum atomic E-state index is -0.380. The van der Waals surface area contributed by atoms with Crippen molar-refractivity contribution in [2.75, 3.05) is 45.3 Å². The summed E-state index contributed by atoms with van der Waals surface area (Å²) in [6, 6.07) is 4.10. The summed E-state index contributed by atoms with van der Waals surface area (Å²) in [6.45, 7) is 3.07. The molecule has 4 N–H and O–H groups in total. The first-order chi connectivity index (χ1) is 13.0. The van der Waals surface area contributed by atoms with Crippen molar-refractivity contribution in [3.8, 4) is 11.5 Å². The van der Waals surface area contributed by atoms with Crippen LogP contribution in [0.1, 0.15) is 12.0 Å². The molecule has 0 aromatic heterocycles. The van der Waals surface area contributed by atoms with E-state index in [1.54, 1.807) is 20.3 Å². The lowest BCUT2D eigenvalue weighted by molar-refractivity contribution is -0.115. The average molecular weight is 392 g/mol. The van der Waals surface area contributed by atoms with E-state index in [1.807, 2.05) is 12.1 Å². The summed E-state index contributed by atoms with van der Waals surface area (Å²) < 4.78 is 10.9. The first-order valence-corrected chi connectivity index (χ1v) is 9.56. The molecule has 2 saturated heterocycles. The molecule has 2 heterocycles. The van der Waals surface area contributed by atoms with Gasteiger partial charge in [0.25, 0.3) is 11.1 Å². The third-order valence-corrected chi connectivity index (χ3v) is 5.38. The minimum Gasteiger partial charge on any atom is -0.493 e. The number of nitrogens with one attached hydrogen (secondary N) is 2. The number of benzene rings is 1. The van der Waals surface area contributed by atoms with Crippen LogP contribution in [0.25, 0.3) is 6.08 Å². The van der Waals surface area contributed by atoms with Crippen LogP contribution in [0.2, 0.25) is 0 Å². The van der Waals surface area contributed by atoms with Crippen LogP contribution in [0.3, 0.4) is 0 Å². The molecule has 2 amide bonds. The lowest BCUT2D eigenvalue weighted by Gasteiger charge is -2.23. The number of thioether (sulfide) groups is 1. The first-order valence-electron chi connectivity index (χ1n) is 8.75. The largest absolute Gasteiger partial charge is 0.493 e. The van der Waals surface area contributed by atoms with Crippen molar-refractivity contribution in [1.82, 2.24) is 10.6 Å². The van der Waals surface area contributed by atoms with Gasteiger partial charge in [-0.25, -0.2) is 0 Å². The quantitative estimate of drug-likeness (QED) is 0.594. The van der Waals surface area contributed by atoms with Crippen LogP contribution in [0.15, 0.2) is 17.0 Å². The topological polar surface area (TPSA) is 106 Å². The van der Waals surface area contributed by atoms with Gasteiger partial charge in [0.05, 0.1) is 19.1 Å². The summed E-state index contributed by atoms with van der Waals surface area (Å²) in [4.78, 5) is 26.0. The number of carbonyl (C=O) groups is 2. The second-order valence-electron chi connectivity index (χ2n) is 6.29. The van der Waals surface area contributed by atoms with Gasteiger partial charge in [-0.2, -0.15) is 0 Å². The zero-order valence-electron chi connectivity index (χ0n) is 15.4. The summed E-state index contributed by atoms with van der Waals surface area (Å²) in [5.74, 6) is 0.808. The first kappa shape index (κ1) is 19.5. The molecule has 1 aromatic carbocycles. The van der Waals surface area contributed by atoms with Gasteiger partial charge in [-0.05, 0) is 30.3 Å². The van der Waals surface area contributed by atoms with Crippen molar-refractivity contribution in [2.24, 2.45) is 5.73 Å². The number of ether oxygens (including phenoxy) is 2. The Labute approximate surface area is 162 Å². The highest BCUT2D eigenvalue weighted by Crippen LogP contribution is 2.39. The molecule has 0 bridgehead atoms. The van der Waals surface area contributed by atoms with Crippen molar-refractivity contribution in [3.63, 3.8) is 0 Å². The Balaban J connectivity index is 1.95. The molecule has 0 spiro atoms. The van der Waals surface area contributed by atoms with Gasteiger partial charge >= 0.3 is 0 Å². The number of methoxy groups -OCH3 is 2. The molecule has 0 radical (unpaired) electrons. The smallest absolute Gasteiger partial charge is 0.290 e. The monoisotopic (exact) mass is 392 g/mol. The number of carbonyl (C=O) groups excluding carboxylic acids is 2. The van der Waals surface area contributed by atoms with Crippen LogP contribution in [-0.4, -0.2) is 57.6 Å². The zero-order chi connectivity index (χ0) is 19.4. The average Bonchev–Trinajstić information content (AvgIpc) is 3.25. The van der Waals surface area contributed by atoms with Gasteiger partial charge in [0.1, 0.15) is 0 Å². The van der Waals surface area contributed by atoms with Crippen molar-refractivity contribution >= 4 is 34.7 Å². The van der Waals surface area contributed by atoms with Gasteiger partial charge in [0, 0.05) is 49.5 Å². The Bertz CT molecular complexity index is 768. The maximum Gasteiger partial charge on any atom is 0.290 e. The Hall–Kier alpha value is -2.23. The Morgan fingerprint density at radius 3 is 2.70 bits per heavy atom. The van der Waals surface area contributed by atoms with E-state index in [4.69, 9.17) is 15.2 Å². The van der Waals surface area contributed by atoms with Crippen LogP contribution < -0.4 is 30.7 Å².